The molecule has 1 aromatic carbocycles. The summed E-state index contributed by atoms with van der Waals surface area (Å²) in [4.78, 5) is 25.0. The lowest BCUT2D eigenvalue weighted by molar-refractivity contribution is -0.384. The molecule has 1 fully saturated rings. The Labute approximate surface area is 158 Å². The number of rotatable bonds is 6. The van der Waals surface area contributed by atoms with Crippen molar-refractivity contribution in [3.8, 4) is 11.3 Å². The Morgan fingerprint density at radius 1 is 1.35 bits per heavy atom. The third-order valence-corrected chi connectivity index (χ3v) is 5.04. The first-order valence-electron chi connectivity index (χ1n) is 7.59. The van der Waals surface area contributed by atoms with E-state index in [1.165, 1.54) is 22.7 Å². The van der Waals surface area contributed by atoms with Crippen molar-refractivity contribution in [1.82, 2.24) is 4.90 Å². The molecule has 1 aliphatic heterocycles. The molecule has 2 heterocycles. The Morgan fingerprint density at radius 2 is 2.12 bits per heavy atom. The molecule has 1 amide bonds. The molecule has 3 rings (SSSR count). The van der Waals surface area contributed by atoms with Crippen LogP contribution in [0.1, 0.15) is 5.76 Å². The third-order valence-electron chi connectivity index (χ3n) is 3.66. The molecule has 134 valence electrons. The number of para-hydroxylation sites is 1. The number of furan rings is 1. The predicted molar refractivity (Wildman–Crippen MR) is 103 cm³/mol. The van der Waals surface area contributed by atoms with Crippen LogP contribution in [0.5, 0.6) is 0 Å². The summed E-state index contributed by atoms with van der Waals surface area (Å²) in [5.41, 5.74) is 0.337. The molecule has 1 aromatic heterocycles. The fraction of sp³-hybridized carbons (Fsp3) is 0.176. The van der Waals surface area contributed by atoms with Crippen LogP contribution in [-0.2, 0) is 9.53 Å². The van der Waals surface area contributed by atoms with Crippen LogP contribution in [0.2, 0.25) is 0 Å². The predicted octanol–water partition coefficient (Wildman–Crippen LogP) is 3.70. The Kier molecular flexibility index (Phi) is 5.50. The van der Waals surface area contributed by atoms with Gasteiger partial charge in [-0.05, 0) is 18.2 Å². The minimum atomic E-state index is -0.460. The molecule has 7 nitrogen and oxygen atoms in total. The van der Waals surface area contributed by atoms with Crippen LogP contribution in [-0.4, -0.2) is 40.3 Å². The molecule has 2 aromatic rings. The van der Waals surface area contributed by atoms with Gasteiger partial charge < -0.3 is 9.15 Å². The number of hydrogen-bond acceptors (Lipinski definition) is 7. The Bertz CT molecular complexity index is 906. The second kappa shape index (κ2) is 7.81. The first-order chi connectivity index (χ1) is 12.5. The highest BCUT2D eigenvalue weighted by atomic mass is 32.2. The van der Waals surface area contributed by atoms with Crippen LogP contribution >= 0.6 is 24.0 Å². The Hall–Kier alpha value is -2.49. The first kappa shape index (κ1) is 18.3. The molecular weight excluding hydrogens is 376 g/mol. The summed E-state index contributed by atoms with van der Waals surface area (Å²) in [5.74, 6) is 0.574. The zero-order valence-electron chi connectivity index (χ0n) is 13.7. The molecule has 26 heavy (non-hydrogen) atoms. The molecule has 0 aliphatic carbocycles. The van der Waals surface area contributed by atoms with E-state index in [-0.39, 0.29) is 11.6 Å². The van der Waals surface area contributed by atoms with Gasteiger partial charge in [0.2, 0.25) is 0 Å². The van der Waals surface area contributed by atoms with Crippen molar-refractivity contribution in [3.05, 3.63) is 57.2 Å². The first-order valence-corrected chi connectivity index (χ1v) is 8.81. The molecule has 1 aliphatic rings. The van der Waals surface area contributed by atoms with Crippen LogP contribution in [0.25, 0.3) is 17.4 Å². The van der Waals surface area contributed by atoms with Gasteiger partial charge in [0.15, 0.2) is 0 Å². The van der Waals surface area contributed by atoms with Gasteiger partial charge in [0.25, 0.3) is 11.6 Å². The number of hydrogen-bond donors (Lipinski definition) is 0. The van der Waals surface area contributed by atoms with E-state index in [1.807, 2.05) is 0 Å². The van der Waals surface area contributed by atoms with Crippen molar-refractivity contribution < 1.29 is 18.9 Å². The summed E-state index contributed by atoms with van der Waals surface area (Å²) in [5, 5.41) is 11.2. The van der Waals surface area contributed by atoms with Gasteiger partial charge in [0.05, 0.1) is 28.5 Å². The van der Waals surface area contributed by atoms with Gasteiger partial charge in [0, 0.05) is 19.3 Å². The SMILES string of the molecule is COCCN1C(=O)/C(=C/c2ccc(-c3ccccc3[N+](=O)[O-])o2)SC1=S. The molecule has 9 heteroatoms. The van der Waals surface area contributed by atoms with Gasteiger partial charge in [-0.1, -0.05) is 36.1 Å². The highest BCUT2D eigenvalue weighted by Crippen LogP contribution is 2.35. The molecule has 0 radical (unpaired) electrons. The van der Waals surface area contributed by atoms with Crippen molar-refractivity contribution in [2.24, 2.45) is 0 Å². The second-order valence-electron chi connectivity index (χ2n) is 5.30. The van der Waals surface area contributed by atoms with E-state index in [0.717, 1.165) is 0 Å². The molecule has 0 unspecified atom stereocenters. The minimum absolute atomic E-state index is 0.0423. The van der Waals surface area contributed by atoms with E-state index < -0.39 is 4.92 Å². The maximum Gasteiger partial charge on any atom is 0.280 e. The van der Waals surface area contributed by atoms with Gasteiger partial charge in [-0.2, -0.15) is 0 Å². The van der Waals surface area contributed by atoms with E-state index in [0.29, 0.717) is 39.5 Å². The topological polar surface area (TPSA) is 85.8 Å². The van der Waals surface area contributed by atoms with Gasteiger partial charge in [-0.15, -0.1) is 0 Å². The highest BCUT2D eigenvalue weighted by molar-refractivity contribution is 8.26. The smallest absolute Gasteiger partial charge is 0.280 e. The van der Waals surface area contributed by atoms with E-state index in [2.05, 4.69) is 0 Å². The molecule has 0 atom stereocenters. The molecule has 0 spiro atoms. The van der Waals surface area contributed by atoms with Crippen molar-refractivity contribution in [1.29, 1.82) is 0 Å². The lowest BCUT2D eigenvalue weighted by atomic mass is 10.1. The number of methoxy groups -OCH3 is 1. The van der Waals surface area contributed by atoms with Gasteiger partial charge >= 0.3 is 0 Å². The van der Waals surface area contributed by atoms with Crippen LogP contribution in [0.4, 0.5) is 5.69 Å². The van der Waals surface area contributed by atoms with E-state index >= 15 is 0 Å². The van der Waals surface area contributed by atoms with Gasteiger partial charge in [-0.25, -0.2) is 0 Å². The Morgan fingerprint density at radius 3 is 2.85 bits per heavy atom. The lowest BCUT2D eigenvalue weighted by Gasteiger charge is -2.12. The Balaban J connectivity index is 1.85. The minimum Gasteiger partial charge on any atom is -0.456 e. The van der Waals surface area contributed by atoms with Crippen molar-refractivity contribution >= 4 is 46.0 Å². The number of nitro benzene ring substituents is 1. The van der Waals surface area contributed by atoms with Crippen molar-refractivity contribution in [3.63, 3.8) is 0 Å². The van der Waals surface area contributed by atoms with E-state index in [1.54, 1.807) is 43.5 Å². The summed E-state index contributed by atoms with van der Waals surface area (Å²) in [6.07, 6.45) is 1.59. The van der Waals surface area contributed by atoms with Crippen LogP contribution in [0, 0.1) is 10.1 Å². The number of nitro groups is 1. The monoisotopic (exact) mass is 390 g/mol. The summed E-state index contributed by atoms with van der Waals surface area (Å²) >= 11 is 6.40. The van der Waals surface area contributed by atoms with Crippen molar-refractivity contribution in [2.75, 3.05) is 20.3 Å². The maximum absolute atomic E-state index is 12.4. The molecule has 0 bridgehead atoms. The normalized spacial score (nSPS) is 15.9. The summed E-state index contributed by atoms with van der Waals surface area (Å²) in [6, 6.07) is 9.62. The highest BCUT2D eigenvalue weighted by Gasteiger charge is 2.32. The van der Waals surface area contributed by atoms with Crippen LogP contribution in [0.15, 0.2) is 45.7 Å². The molecule has 0 N–H and O–H groups in total. The average molecular weight is 390 g/mol. The van der Waals surface area contributed by atoms with Gasteiger partial charge in [-0.3, -0.25) is 19.8 Å². The maximum atomic E-state index is 12.4. The number of carbonyl (C=O) groups is 1. The number of thiocarbonyl (C=S) groups is 1. The number of carbonyl (C=O) groups excluding carboxylic acids is 1. The number of thioether (sulfide) groups is 1. The van der Waals surface area contributed by atoms with Crippen LogP contribution < -0.4 is 0 Å². The number of ether oxygens (including phenoxy) is 1. The summed E-state index contributed by atoms with van der Waals surface area (Å²) in [7, 11) is 1.56. The largest absolute Gasteiger partial charge is 0.456 e. The average Bonchev–Trinajstić information content (AvgIpc) is 3.19. The fourth-order valence-corrected chi connectivity index (χ4v) is 3.71. The quantitative estimate of drug-likeness (QED) is 0.322. The number of nitrogens with zero attached hydrogens (tertiary/aromatic N) is 2. The lowest BCUT2D eigenvalue weighted by Crippen LogP contribution is -2.31. The zero-order chi connectivity index (χ0) is 18.7. The molecular formula is C17H14N2O5S2. The third kappa shape index (κ3) is 3.69. The number of benzene rings is 1. The van der Waals surface area contributed by atoms with E-state index in [9.17, 15) is 14.9 Å². The summed E-state index contributed by atoms with van der Waals surface area (Å²) < 4.78 is 11.1. The molecule has 0 saturated carbocycles. The van der Waals surface area contributed by atoms with Crippen LogP contribution in [0.3, 0.4) is 0 Å². The van der Waals surface area contributed by atoms with Crippen molar-refractivity contribution in [2.45, 2.75) is 0 Å². The number of amides is 1. The molecule has 1 saturated heterocycles. The standard InChI is InChI=1S/C17H14N2O5S2/c1-23-9-8-18-16(20)15(26-17(18)25)10-11-6-7-14(24-11)12-4-2-3-5-13(12)19(21)22/h2-7,10H,8-9H2,1H3/b15-10-. The van der Waals surface area contributed by atoms with E-state index in [4.69, 9.17) is 21.4 Å². The fourth-order valence-electron chi connectivity index (χ4n) is 2.42. The second-order valence-corrected chi connectivity index (χ2v) is 6.98. The van der Waals surface area contributed by atoms with Gasteiger partial charge in [0.1, 0.15) is 15.8 Å². The zero-order valence-corrected chi connectivity index (χ0v) is 15.3. The summed E-state index contributed by atoms with van der Waals surface area (Å²) in [6.45, 7) is 0.778.